The van der Waals surface area contributed by atoms with Gasteiger partial charge >= 0.3 is 0 Å². The van der Waals surface area contributed by atoms with Gasteiger partial charge in [0.15, 0.2) is 5.43 Å². The zero-order valence-corrected chi connectivity index (χ0v) is 11.8. The molecule has 0 atom stereocenters. The minimum Gasteiger partial charge on any atom is -0.508 e. The fraction of sp³-hybridized carbons (Fsp3) is 0.118. The Morgan fingerprint density at radius 2 is 1.86 bits per heavy atom. The van der Waals surface area contributed by atoms with Gasteiger partial charge in [-0.3, -0.25) is 4.79 Å². The second-order valence-corrected chi connectivity index (χ2v) is 5.10. The first-order chi connectivity index (χ1) is 10.0. The lowest BCUT2D eigenvalue weighted by atomic mass is 10.1. The van der Waals surface area contributed by atoms with E-state index in [0.29, 0.717) is 22.3 Å². The van der Waals surface area contributed by atoms with Gasteiger partial charge in [-0.2, -0.15) is 0 Å². The quantitative estimate of drug-likeness (QED) is 0.783. The van der Waals surface area contributed by atoms with Gasteiger partial charge in [-0.1, -0.05) is 12.1 Å². The molecule has 0 aliphatic rings. The van der Waals surface area contributed by atoms with E-state index in [0.717, 1.165) is 5.69 Å². The van der Waals surface area contributed by atoms with E-state index < -0.39 is 0 Å². The maximum atomic E-state index is 12.3. The molecule has 0 fully saturated rings. The zero-order valence-electron chi connectivity index (χ0n) is 11.8. The third kappa shape index (κ3) is 2.48. The summed E-state index contributed by atoms with van der Waals surface area (Å²) in [5.41, 5.74) is 2.05. The van der Waals surface area contributed by atoms with Crippen molar-refractivity contribution in [1.82, 2.24) is 0 Å². The van der Waals surface area contributed by atoms with Crippen LogP contribution in [-0.4, -0.2) is 19.2 Å². The van der Waals surface area contributed by atoms with Crippen molar-refractivity contribution < 1.29 is 9.52 Å². The molecule has 2 aromatic carbocycles. The number of rotatable bonds is 2. The van der Waals surface area contributed by atoms with E-state index >= 15 is 0 Å². The van der Waals surface area contributed by atoms with Crippen LogP contribution in [0.2, 0.25) is 0 Å². The van der Waals surface area contributed by atoms with E-state index in [1.165, 1.54) is 6.07 Å². The van der Waals surface area contributed by atoms with Crippen molar-refractivity contribution in [1.29, 1.82) is 0 Å². The smallest absolute Gasteiger partial charge is 0.193 e. The highest BCUT2D eigenvalue weighted by Crippen LogP contribution is 2.26. The molecule has 4 nitrogen and oxygen atoms in total. The number of hydrogen-bond donors (Lipinski definition) is 1. The molecule has 0 spiro atoms. The van der Waals surface area contributed by atoms with Crippen LogP contribution in [-0.2, 0) is 0 Å². The number of fused-ring (bicyclic) bond motifs is 1. The summed E-state index contributed by atoms with van der Waals surface area (Å²) in [7, 11) is 3.84. The Balaban J connectivity index is 2.20. The lowest BCUT2D eigenvalue weighted by molar-refractivity contribution is 0.475. The molecule has 3 rings (SSSR count). The fourth-order valence-electron chi connectivity index (χ4n) is 2.22. The van der Waals surface area contributed by atoms with Crippen LogP contribution in [0.25, 0.3) is 22.3 Å². The highest BCUT2D eigenvalue weighted by Gasteiger charge is 2.08. The van der Waals surface area contributed by atoms with Crippen molar-refractivity contribution in [2.24, 2.45) is 0 Å². The van der Waals surface area contributed by atoms with Crippen molar-refractivity contribution in [3.05, 3.63) is 58.8 Å². The molecule has 0 unspecified atom stereocenters. The first kappa shape index (κ1) is 13.2. The maximum Gasteiger partial charge on any atom is 0.193 e. The molecule has 21 heavy (non-hydrogen) atoms. The van der Waals surface area contributed by atoms with Crippen LogP contribution >= 0.6 is 0 Å². The second kappa shape index (κ2) is 4.98. The first-order valence-corrected chi connectivity index (χ1v) is 6.59. The number of phenols is 1. The molecule has 0 saturated carbocycles. The number of anilines is 1. The maximum absolute atomic E-state index is 12.3. The number of nitrogens with zero attached hydrogens (tertiary/aromatic N) is 1. The third-order valence-electron chi connectivity index (χ3n) is 3.36. The average molecular weight is 281 g/mol. The lowest BCUT2D eigenvalue weighted by Crippen LogP contribution is -2.09. The van der Waals surface area contributed by atoms with Crippen LogP contribution in [0.4, 0.5) is 5.69 Å². The van der Waals surface area contributed by atoms with Crippen molar-refractivity contribution in [2.75, 3.05) is 19.0 Å². The molecule has 1 N–H and O–H groups in total. The summed E-state index contributed by atoms with van der Waals surface area (Å²) in [6.45, 7) is 0. The highest BCUT2D eigenvalue weighted by molar-refractivity contribution is 5.82. The largest absolute Gasteiger partial charge is 0.508 e. The predicted octanol–water partition coefficient (Wildman–Crippen LogP) is 3.23. The summed E-state index contributed by atoms with van der Waals surface area (Å²) in [4.78, 5) is 14.2. The number of phenolic OH excluding ortho intramolecular Hbond substituents is 1. The molecular formula is C17H15NO3. The van der Waals surface area contributed by atoms with Crippen molar-refractivity contribution in [3.8, 4) is 17.1 Å². The SMILES string of the molecule is CN(C)c1ccc2oc(-c3cccc(O)c3)cc(=O)c2c1. The van der Waals surface area contributed by atoms with E-state index in [-0.39, 0.29) is 11.2 Å². The minimum absolute atomic E-state index is 0.0988. The summed E-state index contributed by atoms with van der Waals surface area (Å²) in [5.74, 6) is 0.583. The molecular weight excluding hydrogens is 266 g/mol. The van der Waals surface area contributed by atoms with Crippen molar-refractivity contribution >= 4 is 16.7 Å². The van der Waals surface area contributed by atoms with Crippen LogP contribution in [0.15, 0.2) is 57.7 Å². The normalized spacial score (nSPS) is 10.8. The van der Waals surface area contributed by atoms with E-state index in [9.17, 15) is 9.90 Å². The monoisotopic (exact) mass is 281 g/mol. The van der Waals surface area contributed by atoms with Gasteiger partial charge in [0.1, 0.15) is 17.1 Å². The van der Waals surface area contributed by atoms with Crippen LogP contribution in [0.3, 0.4) is 0 Å². The molecule has 0 aliphatic heterocycles. The zero-order chi connectivity index (χ0) is 15.0. The molecule has 0 aliphatic carbocycles. The van der Waals surface area contributed by atoms with Crippen molar-refractivity contribution in [3.63, 3.8) is 0 Å². The Morgan fingerprint density at radius 3 is 2.57 bits per heavy atom. The summed E-state index contributed by atoms with van der Waals surface area (Å²) in [5, 5.41) is 10.1. The number of aromatic hydroxyl groups is 1. The highest BCUT2D eigenvalue weighted by atomic mass is 16.3. The van der Waals surface area contributed by atoms with Gasteiger partial charge in [-0.15, -0.1) is 0 Å². The number of benzene rings is 2. The van der Waals surface area contributed by atoms with Gasteiger partial charge < -0.3 is 14.4 Å². The van der Waals surface area contributed by atoms with Crippen LogP contribution in [0.1, 0.15) is 0 Å². The van der Waals surface area contributed by atoms with Gasteiger partial charge in [0.05, 0.1) is 5.39 Å². The topological polar surface area (TPSA) is 53.7 Å². The first-order valence-electron chi connectivity index (χ1n) is 6.59. The molecule has 0 saturated heterocycles. The second-order valence-electron chi connectivity index (χ2n) is 5.10. The number of hydrogen-bond acceptors (Lipinski definition) is 4. The third-order valence-corrected chi connectivity index (χ3v) is 3.36. The Labute approximate surface area is 121 Å². The van der Waals surface area contributed by atoms with Gasteiger partial charge in [-0.25, -0.2) is 0 Å². The standard InChI is InChI=1S/C17H15NO3/c1-18(2)12-6-7-16-14(9-12)15(20)10-17(21-16)11-4-3-5-13(19)8-11/h3-10,19H,1-2H3. The Hall–Kier alpha value is -2.75. The van der Waals surface area contributed by atoms with Gasteiger partial charge in [0.2, 0.25) is 0 Å². The molecule has 0 bridgehead atoms. The van der Waals surface area contributed by atoms with E-state index in [1.54, 1.807) is 30.3 Å². The summed E-state index contributed by atoms with van der Waals surface area (Å²) in [6, 6.07) is 13.6. The molecule has 0 amide bonds. The Bertz CT molecular complexity index is 865. The minimum atomic E-state index is -0.0988. The molecule has 0 radical (unpaired) electrons. The van der Waals surface area contributed by atoms with Crippen LogP contribution < -0.4 is 10.3 Å². The lowest BCUT2D eigenvalue weighted by Gasteiger charge is -2.12. The summed E-state index contributed by atoms with van der Waals surface area (Å²) < 4.78 is 5.79. The van der Waals surface area contributed by atoms with E-state index in [2.05, 4.69) is 0 Å². The molecule has 106 valence electrons. The van der Waals surface area contributed by atoms with Gasteiger partial charge in [0, 0.05) is 31.4 Å². The fourth-order valence-corrected chi connectivity index (χ4v) is 2.22. The molecule has 1 aromatic heterocycles. The van der Waals surface area contributed by atoms with Crippen LogP contribution in [0, 0.1) is 0 Å². The Morgan fingerprint density at radius 1 is 1.05 bits per heavy atom. The van der Waals surface area contributed by atoms with Gasteiger partial charge in [-0.05, 0) is 30.3 Å². The van der Waals surface area contributed by atoms with Crippen LogP contribution in [0.5, 0.6) is 5.75 Å². The summed E-state index contributed by atoms with van der Waals surface area (Å²) in [6.07, 6.45) is 0. The Kier molecular flexibility index (Phi) is 3.14. The molecule has 3 aromatic rings. The molecule has 4 heteroatoms. The van der Waals surface area contributed by atoms with E-state index in [1.807, 2.05) is 31.1 Å². The van der Waals surface area contributed by atoms with Gasteiger partial charge in [0.25, 0.3) is 0 Å². The predicted molar refractivity (Wildman–Crippen MR) is 83.9 cm³/mol. The summed E-state index contributed by atoms with van der Waals surface area (Å²) >= 11 is 0. The average Bonchev–Trinajstić information content (AvgIpc) is 2.46. The molecule has 1 heterocycles. The van der Waals surface area contributed by atoms with E-state index in [4.69, 9.17) is 4.42 Å². The van der Waals surface area contributed by atoms with Crippen molar-refractivity contribution in [2.45, 2.75) is 0 Å².